The van der Waals surface area contributed by atoms with Crippen molar-refractivity contribution in [2.75, 3.05) is 11.9 Å². The molecule has 1 aromatic carbocycles. The van der Waals surface area contributed by atoms with Crippen LogP contribution in [0.2, 0.25) is 0 Å². The third-order valence-corrected chi connectivity index (χ3v) is 3.15. The zero-order valence-corrected chi connectivity index (χ0v) is 12.6. The van der Waals surface area contributed by atoms with Gasteiger partial charge in [0.2, 0.25) is 0 Å². The minimum absolute atomic E-state index is 0.147. The van der Waals surface area contributed by atoms with Crippen LogP contribution in [0.4, 0.5) is 5.69 Å². The molecule has 0 aliphatic rings. The highest BCUT2D eigenvalue weighted by atomic mass is 16.5. The Hall–Kier alpha value is -2.83. The molecule has 2 aromatic rings. The van der Waals surface area contributed by atoms with E-state index >= 15 is 0 Å². The molecule has 2 N–H and O–H groups in total. The molecular weight excluding hydrogens is 286 g/mol. The summed E-state index contributed by atoms with van der Waals surface area (Å²) >= 11 is 0. The summed E-state index contributed by atoms with van der Waals surface area (Å²) in [5.41, 5.74) is 0.422. The van der Waals surface area contributed by atoms with E-state index < -0.39 is 17.4 Å². The van der Waals surface area contributed by atoms with E-state index in [-0.39, 0.29) is 17.9 Å². The second-order valence-electron chi connectivity index (χ2n) is 4.72. The molecule has 0 aliphatic carbocycles. The first-order chi connectivity index (χ1) is 10.5. The summed E-state index contributed by atoms with van der Waals surface area (Å²) < 4.78 is 5.93. The van der Waals surface area contributed by atoms with Crippen molar-refractivity contribution in [3.05, 3.63) is 51.4 Å². The van der Waals surface area contributed by atoms with E-state index in [1.807, 2.05) is 19.1 Å². The van der Waals surface area contributed by atoms with E-state index in [2.05, 4.69) is 10.4 Å². The fraction of sp³-hybridized carbons (Fsp3) is 0.267. The van der Waals surface area contributed by atoms with Crippen LogP contribution in [-0.4, -0.2) is 28.3 Å². The molecule has 7 heteroatoms. The summed E-state index contributed by atoms with van der Waals surface area (Å²) in [6, 6.07) is 7.15. The van der Waals surface area contributed by atoms with Gasteiger partial charge in [-0.1, -0.05) is 18.2 Å². The number of anilines is 1. The molecule has 0 unspecified atom stereocenters. The maximum absolute atomic E-state index is 12.4. The topological polar surface area (TPSA) is 93.2 Å². The number of rotatable bonds is 4. The predicted molar refractivity (Wildman–Crippen MR) is 81.1 cm³/mol. The van der Waals surface area contributed by atoms with E-state index in [1.54, 1.807) is 19.1 Å². The van der Waals surface area contributed by atoms with Crippen LogP contribution in [0.5, 0.6) is 0 Å². The standard InChI is InChI=1S/C15H17N3O4/c1-4-22-15(21)12-11(14(20)18(3)17-12)13(19)16-10-8-6-5-7-9(10)2/h5-8,17H,4H2,1-3H3,(H,16,19). The van der Waals surface area contributed by atoms with Gasteiger partial charge in [0.15, 0.2) is 5.69 Å². The van der Waals surface area contributed by atoms with E-state index in [1.165, 1.54) is 7.05 Å². The molecule has 22 heavy (non-hydrogen) atoms. The van der Waals surface area contributed by atoms with Crippen LogP contribution < -0.4 is 10.9 Å². The molecule has 0 atom stereocenters. The van der Waals surface area contributed by atoms with Crippen molar-refractivity contribution < 1.29 is 14.3 Å². The quantitative estimate of drug-likeness (QED) is 0.836. The highest BCUT2D eigenvalue weighted by molar-refractivity contribution is 6.10. The number of nitrogens with zero attached hydrogens (tertiary/aromatic N) is 1. The number of ether oxygens (including phenoxy) is 1. The number of aromatic nitrogens is 2. The van der Waals surface area contributed by atoms with Crippen molar-refractivity contribution in [3.8, 4) is 0 Å². The van der Waals surface area contributed by atoms with Crippen LogP contribution in [0.3, 0.4) is 0 Å². The van der Waals surface area contributed by atoms with Gasteiger partial charge in [-0.3, -0.25) is 19.4 Å². The second-order valence-corrected chi connectivity index (χ2v) is 4.72. The lowest BCUT2D eigenvalue weighted by atomic mass is 10.1. The number of H-pyrrole nitrogens is 1. The molecule has 0 fully saturated rings. The summed E-state index contributed by atoms with van der Waals surface area (Å²) in [5.74, 6) is -1.39. The van der Waals surface area contributed by atoms with Crippen molar-refractivity contribution in [2.45, 2.75) is 13.8 Å². The molecule has 0 aliphatic heterocycles. The Balaban J connectivity index is 2.39. The Morgan fingerprint density at radius 2 is 2.00 bits per heavy atom. The van der Waals surface area contributed by atoms with Crippen LogP contribution >= 0.6 is 0 Å². The summed E-state index contributed by atoms with van der Waals surface area (Å²) in [4.78, 5) is 36.3. The number of carbonyl (C=O) groups is 2. The number of para-hydroxylation sites is 1. The molecule has 116 valence electrons. The number of hydrogen-bond acceptors (Lipinski definition) is 4. The summed E-state index contributed by atoms with van der Waals surface area (Å²) in [6.45, 7) is 3.62. The van der Waals surface area contributed by atoms with Crippen molar-refractivity contribution in [2.24, 2.45) is 7.05 Å². The van der Waals surface area contributed by atoms with Crippen LogP contribution in [0.15, 0.2) is 29.1 Å². The first-order valence-electron chi connectivity index (χ1n) is 6.78. The number of nitrogens with one attached hydrogen (secondary N) is 2. The van der Waals surface area contributed by atoms with Gasteiger partial charge in [0, 0.05) is 12.7 Å². The van der Waals surface area contributed by atoms with Crippen LogP contribution in [0.1, 0.15) is 33.3 Å². The third-order valence-electron chi connectivity index (χ3n) is 3.15. The van der Waals surface area contributed by atoms with Gasteiger partial charge in [0.25, 0.3) is 11.5 Å². The number of amides is 1. The summed E-state index contributed by atoms with van der Waals surface area (Å²) in [5, 5.41) is 5.19. The number of carbonyl (C=O) groups excluding carboxylic acids is 2. The minimum Gasteiger partial charge on any atom is -0.461 e. The van der Waals surface area contributed by atoms with E-state index in [4.69, 9.17) is 4.74 Å². The van der Waals surface area contributed by atoms with Gasteiger partial charge >= 0.3 is 5.97 Å². The number of aromatic amines is 1. The van der Waals surface area contributed by atoms with Gasteiger partial charge in [0.1, 0.15) is 5.56 Å². The van der Waals surface area contributed by atoms with Crippen LogP contribution in [0.25, 0.3) is 0 Å². The lowest BCUT2D eigenvalue weighted by molar-refractivity contribution is 0.0515. The highest BCUT2D eigenvalue weighted by Crippen LogP contribution is 2.15. The summed E-state index contributed by atoms with van der Waals surface area (Å²) in [6.07, 6.45) is 0. The molecule has 1 aromatic heterocycles. The van der Waals surface area contributed by atoms with Gasteiger partial charge in [-0.25, -0.2) is 4.79 Å². The molecule has 1 amide bonds. The Kier molecular flexibility index (Phi) is 4.45. The lowest BCUT2D eigenvalue weighted by Gasteiger charge is -2.07. The fourth-order valence-electron chi connectivity index (χ4n) is 2.01. The summed E-state index contributed by atoms with van der Waals surface area (Å²) in [7, 11) is 1.43. The average Bonchev–Trinajstić information content (AvgIpc) is 2.78. The molecule has 0 radical (unpaired) electrons. The first-order valence-corrected chi connectivity index (χ1v) is 6.78. The van der Waals surface area contributed by atoms with Gasteiger partial charge < -0.3 is 10.1 Å². The fourth-order valence-corrected chi connectivity index (χ4v) is 2.01. The van der Waals surface area contributed by atoms with Crippen molar-refractivity contribution in [1.29, 1.82) is 0 Å². The smallest absolute Gasteiger partial charge is 0.357 e. The molecule has 2 rings (SSSR count). The number of hydrogen-bond donors (Lipinski definition) is 2. The average molecular weight is 303 g/mol. The Bertz CT molecular complexity index is 773. The number of benzene rings is 1. The molecule has 0 saturated carbocycles. The second kappa shape index (κ2) is 6.30. The lowest BCUT2D eigenvalue weighted by Crippen LogP contribution is -2.25. The van der Waals surface area contributed by atoms with Gasteiger partial charge in [-0.05, 0) is 25.5 Å². The highest BCUT2D eigenvalue weighted by Gasteiger charge is 2.26. The van der Waals surface area contributed by atoms with E-state index in [0.717, 1.165) is 10.2 Å². The van der Waals surface area contributed by atoms with Crippen molar-refractivity contribution in [3.63, 3.8) is 0 Å². The van der Waals surface area contributed by atoms with Crippen molar-refractivity contribution >= 4 is 17.6 Å². The molecule has 7 nitrogen and oxygen atoms in total. The van der Waals surface area contributed by atoms with Crippen LogP contribution in [-0.2, 0) is 11.8 Å². The zero-order valence-electron chi connectivity index (χ0n) is 12.6. The van der Waals surface area contributed by atoms with Gasteiger partial charge in [-0.15, -0.1) is 0 Å². The first kappa shape index (κ1) is 15.6. The maximum atomic E-state index is 12.4. The minimum atomic E-state index is -0.741. The molecular formula is C15H17N3O4. The van der Waals surface area contributed by atoms with Gasteiger partial charge in [0.05, 0.1) is 6.61 Å². The molecule has 0 bridgehead atoms. The number of esters is 1. The molecule has 0 saturated heterocycles. The Morgan fingerprint density at radius 1 is 1.32 bits per heavy atom. The van der Waals surface area contributed by atoms with Crippen LogP contribution in [0, 0.1) is 6.92 Å². The van der Waals surface area contributed by atoms with Gasteiger partial charge in [-0.2, -0.15) is 0 Å². The normalized spacial score (nSPS) is 10.3. The van der Waals surface area contributed by atoms with E-state index in [0.29, 0.717) is 5.69 Å². The van der Waals surface area contributed by atoms with Crippen molar-refractivity contribution in [1.82, 2.24) is 9.78 Å². The monoisotopic (exact) mass is 303 g/mol. The number of aryl methyl sites for hydroxylation is 2. The maximum Gasteiger partial charge on any atom is 0.357 e. The molecule has 1 heterocycles. The predicted octanol–water partition coefficient (Wildman–Crippen LogP) is 1.45. The Labute approximate surface area is 126 Å². The zero-order chi connectivity index (χ0) is 16.3. The largest absolute Gasteiger partial charge is 0.461 e. The molecule has 0 spiro atoms. The SMILES string of the molecule is CCOC(=O)c1[nH]n(C)c(=O)c1C(=O)Nc1ccccc1C. The van der Waals surface area contributed by atoms with E-state index in [9.17, 15) is 14.4 Å². The third kappa shape index (κ3) is 2.93. The Morgan fingerprint density at radius 3 is 2.64 bits per heavy atom.